The van der Waals surface area contributed by atoms with Crippen molar-refractivity contribution in [3.05, 3.63) is 232 Å². The van der Waals surface area contributed by atoms with E-state index in [-0.39, 0.29) is 61.5 Å². The summed E-state index contributed by atoms with van der Waals surface area (Å²) >= 11 is 0. The summed E-state index contributed by atoms with van der Waals surface area (Å²) in [6, 6.07) is 42.7. The van der Waals surface area contributed by atoms with Gasteiger partial charge in [0.25, 0.3) is 0 Å². The number of hydrogen-bond donors (Lipinski definition) is 0. The largest absolute Gasteiger partial charge is 0.463 e. The number of carbonyl (C=O) groups is 3. The summed E-state index contributed by atoms with van der Waals surface area (Å²) in [5.74, 6) is 3.17. The number of piperidine rings is 2. The predicted octanol–water partition coefficient (Wildman–Crippen LogP) is 13.9. The smallest absolute Gasteiger partial charge is 0.318 e. The number of amides is 3. The molecule has 2 bridgehead atoms. The predicted molar refractivity (Wildman–Crippen MR) is 519 cm³/mol. The van der Waals surface area contributed by atoms with Crippen LogP contribution in [0.25, 0.3) is 46.9 Å². The highest BCUT2D eigenvalue weighted by Crippen LogP contribution is 2.43. The van der Waals surface area contributed by atoms with Gasteiger partial charge >= 0.3 is 18.0 Å². The van der Waals surface area contributed by atoms with Crippen molar-refractivity contribution in [2.45, 2.75) is 160 Å². The molecule has 0 unspecified atom stereocenters. The number of aryl methyl sites for hydroxylation is 2. The fourth-order valence-corrected chi connectivity index (χ4v) is 21.9. The quantitative estimate of drug-likeness (QED) is 0.0296. The maximum absolute atomic E-state index is 12.7. The van der Waals surface area contributed by atoms with Crippen LogP contribution in [0.2, 0.25) is 0 Å². The molecule has 0 N–H and O–H groups in total. The first-order chi connectivity index (χ1) is 64.0. The van der Waals surface area contributed by atoms with Crippen LogP contribution in [-0.4, -0.2) is 271 Å². The highest BCUT2D eigenvalue weighted by Gasteiger charge is 2.42. The van der Waals surface area contributed by atoms with Crippen LogP contribution in [0.4, 0.5) is 34.5 Å². The van der Waals surface area contributed by atoms with E-state index in [0.717, 1.165) is 141 Å². The SMILES string of the molecule is [C-]#[N+]C[C@H]1CN(c2nc(OCCCN3CCCCC3)nc3c2CCN(c2cccc4cccc(C)c24)C3)CCN1C(=O)C=C.[C-]#[N+]C[C@H]1CN(c2nc(OCCCN3C[C@H]4CC[C@@H]3C4)nc3c2CCN(c2cccc4cccc(C)c24)C3)CCN1C(=O)C=C.[C-]#[N+]C[C@H]1CN(c2nc(OC[C@@H]3CCCN3C)nc3c2CCN(c2cccc4ccccc24)C3)[C@@H](C)CN1C(=O)C=C. The first-order valence-electron chi connectivity index (χ1n) is 47.5. The van der Waals surface area contributed by atoms with E-state index in [2.05, 4.69) is 221 Å². The van der Waals surface area contributed by atoms with Crippen LogP contribution in [0, 0.1) is 39.5 Å². The van der Waals surface area contributed by atoms with Gasteiger partial charge in [-0.25, -0.2) is 19.7 Å². The van der Waals surface area contributed by atoms with E-state index in [4.69, 9.17) is 63.8 Å². The Labute approximate surface area is 771 Å². The van der Waals surface area contributed by atoms with Gasteiger partial charge in [-0.2, -0.15) is 29.9 Å². The molecule has 0 radical (unpaired) electrons. The first-order valence-corrected chi connectivity index (χ1v) is 47.5. The van der Waals surface area contributed by atoms with Crippen molar-refractivity contribution in [2.75, 3.05) is 187 Å². The maximum atomic E-state index is 12.7. The summed E-state index contributed by atoms with van der Waals surface area (Å²) in [6.07, 6.45) is 18.6. The molecule has 682 valence electrons. The van der Waals surface area contributed by atoms with Gasteiger partial charge in [-0.1, -0.05) is 123 Å². The van der Waals surface area contributed by atoms with Crippen molar-refractivity contribution >= 4 is 84.6 Å². The van der Waals surface area contributed by atoms with Crippen molar-refractivity contribution in [3.8, 4) is 18.0 Å². The van der Waals surface area contributed by atoms with E-state index < -0.39 is 0 Å². The Morgan fingerprint density at radius 3 is 1.44 bits per heavy atom. The maximum Gasteiger partial charge on any atom is 0.318 e. The standard InChI is InChI=1S/C36H43N7O2.C35H43N7O2.C33H39N7O2/c1-4-33(44)43-18-17-42(23-29(43)21-37-3)35-30-14-16-41(32-11-6-10-27-9-5-8-25(2)34(27)32)24-31(30)38-36(39-35)45-19-7-15-40-22-26-12-13-28(40)20-26;1-4-32(43)42-21-20-41(24-28(42)23-36-3)34-29-15-19-40(31-14-9-13-27-12-8-11-26(2)33(27)31)25-30(29)37-35(38-34)44-22-10-18-39-16-6-5-7-17-39;1-5-31(41)40-19-23(2)39(20-26(40)18-34-3)32-28-15-17-38(30-14-8-11-24-10-6-7-13-27(24)30)21-29(28)35-33(36-32)42-22-25-12-9-16-37(25)4/h4-6,8-11,26,28-29H,1,7,12-24H2,2H3;4,8-9,11-14,28H,1,5-7,10,15-25H2,2H3;5-8,10-11,13-14,23,25-26H,1,9,12,15-22H2,2,4H3/t26-,28+,29-;28-;23-,25-,26-/m000/s1. The summed E-state index contributed by atoms with van der Waals surface area (Å²) in [5.41, 5.74) is 12.6. The number of rotatable bonds is 25. The third-order valence-corrected chi connectivity index (χ3v) is 28.7. The monoisotopic (exact) mass is 1760 g/mol. The fourth-order valence-electron chi connectivity index (χ4n) is 21.9. The zero-order chi connectivity index (χ0) is 90.6. The molecule has 6 aromatic carbocycles. The van der Waals surface area contributed by atoms with E-state index >= 15 is 0 Å². The molecule has 7 atom stereocenters. The van der Waals surface area contributed by atoms with Crippen molar-refractivity contribution in [3.63, 3.8) is 0 Å². The molecule has 3 aromatic heterocycles. The fraction of sp³-hybridized carbons (Fsp3) is 0.481. The molecular weight excluding hydrogens is 1640 g/mol. The second-order valence-corrected chi connectivity index (χ2v) is 36.9. The molecule has 27 heteroatoms. The number of hydrogen-bond acceptors (Lipinski definition) is 21. The minimum Gasteiger partial charge on any atom is -0.463 e. The van der Waals surface area contributed by atoms with Crippen molar-refractivity contribution < 1.29 is 28.6 Å². The summed E-state index contributed by atoms with van der Waals surface area (Å²) < 4.78 is 18.9. The lowest BCUT2D eigenvalue weighted by atomic mass is 9.99. The van der Waals surface area contributed by atoms with Gasteiger partial charge in [0.1, 0.15) is 42.2 Å². The van der Waals surface area contributed by atoms with Gasteiger partial charge in [0.2, 0.25) is 37.4 Å². The highest BCUT2D eigenvalue weighted by atomic mass is 16.5. The Bertz CT molecular complexity index is 5790. The summed E-state index contributed by atoms with van der Waals surface area (Å²) in [7, 11) is 2.14. The van der Waals surface area contributed by atoms with Gasteiger partial charge in [-0.15, -0.1) is 0 Å². The van der Waals surface area contributed by atoms with Crippen LogP contribution in [0.15, 0.2) is 153 Å². The number of nitrogens with zero attached hydrogens (tertiary/aromatic N) is 21. The average molecular weight is 1770 g/mol. The second kappa shape index (κ2) is 41.7. The normalized spacial score (nSPS) is 21.5. The number of aromatic nitrogens is 6. The Morgan fingerprint density at radius 1 is 0.450 bits per heavy atom. The van der Waals surface area contributed by atoms with Crippen LogP contribution in [0.5, 0.6) is 18.0 Å². The van der Waals surface area contributed by atoms with E-state index in [0.29, 0.717) is 116 Å². The Kier molecular flexibility index (Phi) is 28.8. The summed E-state index contributed by atoms with van der Waals surface area (Å²) in [6.45, 7) is 58.3. The van der Waals surface area contributed by atoms with E-state index in [1.54, 1.807) is 14.7 Å². The average Bonchev–Trinajstić information content (AvgIpc) is 0.981. The molecule has 27 nitrogen and oxygen atoms in total. The number of likely N-dealkylation sites (N-methyl/N-ethyl adjacent to an activating group) is 1. The lowest BCUT2D eigenvalue weighted by Gasteiger charge is -2.45. The number of ether oxygens (including phenoxy) is 3. The number of benzene rings is 6. The van der Waals surface area contributed by atoms with Gasteiger partial charge in [0.15, 0.2) is 0 Å². The first kappa shape index (κ1) is 90.5. The Balaban J connectivity index is 0.000000138. The molecule has 131 heavy (non-hydrogen) atoms. The van der Waals surface area contributed by atoms with E-state index in [9.17, 15) is 14.4 Å². The van der Waals surface area contributed by atoms with Crippen molar-refractivity contribution in [1.82, 2.24) is 59.3 Å². The van der Waals surface area contributed by atoms with Crippen LogP contribution in [-0.2, 0) is 53.3 Å². The molecule has 7 fully saturated rings. The molecule has 1 aliphatic carbocycles. The van der Waals surface area contributed by atoms with Crippen LogP contribution >= 0.6 is 0 Å². The second-order valence-electron chi connectivity index (χ2n) is 36.9. The van der Waals surface area contributed by atoms with Crippen LogP contribution < -0.4 is 43.6 Å². The van der Waals surface area contributed by atoms with Gasteiger partial charge < -0.3 is 82.6 Å². The van der Waals surface area contributed by atoms with Gasteiger partial charge in [-0.3, -0.25) is 19.3 Å². The lowest BCUT2D eigenvalue weighted by Crippen LogP contribution is -2.60. The molecule has 9 aromatic rings. The third-order valence-electron chi connectivity index (χ3n) is 28.7. The molecule has 9 aliphatic heterocycles. The van der Waals surface area contributed by atoms with Crippen LogP contribution in [0.1, 0.15) is 116 Å². The minimum atomic E-state index is -0.234. The zero-order valence-electron chi connectivity index (χ0n) is 76.8. The molecule has 1 saturated carbocycles. The summed E-state index contributed by atoms with van der Waals surface area (Å²) in [5, 5.41) is 7.52. The molecule has 0 spiro atoms. The highest BCUT2D eigenvalue weighted by molar-refractivity contribution is 5.99. The van der Waals surface area contributed by atoms with E-state index in [1.165, 1.54) is 143 Å². The van der Waals surface area contributed by atoms with E-state index in [1.807, 2.05) is 0 Å². The molecular formula is C104H125N21O6. The number of piperazine rings is 3. The Morgan fingerprint density at radius 2 is 0.924 bits per heavy atom. The Hall–Kier alpha value is -12.5. The molecule has 10 aliphatic rings. The molecule has 6 saturated heterocycles. The zero-order valence-corrected chi connectivity index (χ0v) is 76.8. The van der Waals surface area contributed by atoms with Crippen molar-refractivity contribution in [1.29, 1.82) is 0 Å². The van der Waals surface area contributed by atoms with Gasteiger partial charge in [0.05, 0.1) is 49.9 Å². The number of anilines is 6. The molecule has 3 amide bonds. The number of fused-ring (bicyclic) bond motifs is 8. The van der Waals surface area contributed by atoms with Crippen molar-refractivity contribution in [2.24, 2.45) is 5.92 Å². The van der Waals surface area contributed by atoms with Crippen LogP contribution in [0.3, 0.4) is 0 Å². The summed E-state index contributed by atoms with van der Waals surface area (Å²) in [4.78, 5) is 106. The topological polar surface area (TPSA) is 208 Å². The number of likely N-dealkylation sites (tertiary alicyclic amines) is 3. The third kappa shape index (κ3) is 20.2. The minimum absolute atomic E-state index is 0.0137. The molecule has 12 heterocycles. The number of carbonyl (C=O) groups excluding carboxylic acids is 3. The van der Waals surface area contributed by atoms with Gasteiger partial charge in [0, 0.05) is 160 Å². The van der Waals surface area contributed by atoms with Gasteiger partial charge in [-0.05, 0) is 194 Å². The molecule has 19 rings (SSSR count). The lowest BCUT2D eigenvalue weighted by molar-refractivity contribution is -0.129.